The lowest BCUT2D eigenvalue weighted by Gasteiger charge is -2.24. The van der Waals surface area contributed by atoms with Gasteiger partial charge in [-0.2, -0.15) is 0 Å². The summed E-state index contributed by atoms with van der Waals surface area (Å²) in [4.78, 5) is 95.6. The Morgan fingerprint density at radius 2 is 0.736 bits per heavy atom. The third kappa shape index (κ3) is 36.9. The van der Waals surface area contributed by atoms with E-state index in [2.05, 4.69) is 27.7 Å². The molecule has 16 nitrogen and oxygen atoms in total. The van der Waals surface area contributed by atoms with E-state index in [0.717, 1.165) is 128 Å². The van der Waals surface area contributed by atoms with Crippen LogP contribution in [0.5, 0.6) is 0 Å². The molecule has 0 radical (unpaired) electrons. The Bertz CT molecular complexity index is 1400. The monoisotopic (exact) mass is 1020 g/mol. The average molecular weight is 1030 g/mol. The highest BCUT2D eigenvalue weighted by atomic mass is 16.6. The highest BCUT2D eigenvalue weighted by Crippen LogP contribution is 2.26. The van der Waals surface area contributed by atoms with Crippen molar-refractivity contribution in [3.05, 3.63) is 0 Å². The summed E-state index contributed by atoms with van der Waals surface area (Å²) in [5.41, 5.74) is 0. The van der Waals surface area contributed by atoms with Crippen molar-refractivity contribution in [1.82, 2.24) is 9.80 Å². The molecule has 0 aliphatic carbocycles. The zero-order chi connectivity index (χ0) is 53.0. The molecule has 1 aliphatic rings. The van der Waals surface area contributed by atoms with Crippen molar-refractivity contribution in [3.63, 3.8) is 0 Å². The fraction of sp³-hybridized carbons (Fsp3) is 0.875. The first-order valence-corrected chi connectivity index (χ1v) is 28.4. The molecule has 0 aromatic rings. The summed E-state index contributed by atoms with van der Waals surface area (Å²) in [6.07, 6.45) is 22.2. The van der Waals surface area contributed by atoms with Crippen LogP contribution in [0.1, 0.15) is 227 Å². The first-order valence-electron chi connectivity index (χ1n) is 28.4. The maximum atomic E-state index is 13.6. The summed E-state index contributed by atoms with van der Waals surface area (Å²) in [6.45, 7) is 9.92. The topological polar surface area (TPSA) is 191 Å². The van der Waals surface area contributed by atoms with Crippen molar-refractivity contribution in [2.75, 3.05) is 66.8 Å². The van der Waals surface area contributed by atoms with Gasteiger partial charge in [-0.1, -0.05) is 156 Å². The number of nitrogens with zero attached hydrogens (tertiary/aromatic N) is 2. The number of likely N-dealkylation sites (N-methyl/N-ethyl adjacent to an activating group) is 1. The minimum Gasteiger partial charge on any atom is -0.466 e. The summed E-state index contributed by atoms with van der Waals surface area (Å²) in [5, 5.41) is 0. The summed E-state index contributed by atoms with van der Waals surface area (Å²) >= 11 is 0. The molecule has 0 unspecified atom stereocenters. The van der Waals surface area contributed by atoms with Crippen molar-refractivity contribution < 1.29 is 66.7 Å². The molecule has 1 rings (SSSR count). The fourth-order valence-corrected chi connectivity index (χ4v) is 8.58. The Morgan fingerprint density at radius 1 is 0.417 bits per heavy atom. The van der Waals surface area contributed by atoms with Crippen molar-refractivity contribution in [3.8, 4) is 0 Å². The predicted molar refractivity (Wildman–Crippen MR) is 278 cm³/mol. The third-order valence-corrected chi connectivity index (χ3v) is 12.9. The minimum atomic E-state index is -0.807. The third-order valence-electron chi connectivity index (χ3n) is 12.9. The van der Waals surface area contributed by atoms with E-state index in [1.165, 1.54) is 30.6 Å². The lowest BCUT2D eigenvalue weighted by Crippen LogP contribution is -2.40. The Hall–Kier alpha value is -3.95. The summed E-state index contributed by atoms with van der Waals surface area (Å²) in [7, 11) is 3.69. The van der Waals surface area contributed by atoms with Crippen LogP contribution >= 0.6 is 0 Å². The zero-order valence-corrected chi connectivity index (χ0v) is 46.0. The smallest absolute Gasteiger partial charge is 0.410 e. The Labute approximate surface area is 434 Å². The highest BCUT2D eigenvalue weighted by Gasteiger charge is 2.40. The molecular weight excluding hydrogens is 925 g/mol. The molecule has 1 aliphatic heterocycles. The molecule has 0 aromatic heterocycles. The number of likely N-dealkylation sites (tertiary alicyclic amines) is 1. The van der Waals surface area contributed by atoms with Crippen LogP contribution in [0.4, 0.5) is 4.79 Å². The quantitative estimate of drug-likeness (QED) is 0.0318. The van der Waals surface area contributed by atoms with Gasteiger partial charge in [0.1, 0.15) is 19.3 Å². The molecule has 16 heteroatoms. The molecule has 0 spiro atoms. The van der Waals surface area contributed by atoms with Gasteiger partial charge < -0.3 is 38.1 Å². The minimum absolute atomic E-state index is 0.0441. The maximum Gasteiger partial charge on any atom is 0.410 e. The molecule has 1 amide bonds. The number of amides is 1. The van der Waals surface area contributed by atoms with Gasteiger partial charge in [-0.25, -0.2) is 4.79 Å². The van der Waals surface area contributed by atoms with E-state index in [-0.39, 0.29) is 91.1 Å². The number of hydrogen-bond acceptors (Lipinski definition) is 15. The van der Waals surface area contributed by atoms with Crippen LogP contribution in [0.2, 0.25) is 0 Å². The summed E-state index contributed by atoms with van der Waals surface area (Å²) in [5.74, 6) is -4.82. The van der Waals surface area contributed by atoms with Crippen molar-refractivity contribution in [2.24, 2.45) is 11.8 Å². The fourth-order valence-electron chi connectivity index (χ4n) is 8.58. The second-order valence-electron chi connectivity index (χ2n) is 20.2. The van der Waals surface area contributed by atoms with Gasteiger partial charge in [0.15, 0.2) is 0 Å². The highest BCUT2D eigenvalue weighted by molar-refractivity contribution is 5.78. The van der Waals surface area contributed by atoms with Gasteiger partial charge in [-0.3, -0.25) is 33.7 Å². The van der Waals surface area contributed by atoms with Gasteiger partial charge in [0.25, 0.3) is 0 Å². The lowest BCUT2D eigenvalue weighted by molar-refractivity contribution is -0.154. The number of hydrogen-bond donors (Lipinski definition) is 0. The number of carbonyl (C=O) groups is 7. The van der Waals surface area contributed by atoms with Crippen LogP contribution in [0.15, 0.2) is 0 Å². The molecule has 72 heavy (non-hydrogen) atoms. The summed E-state index contributed by atoms with van der Waals surface area (Å²) in [6, 6.07) is -0.730. The molecule has 2 atom stereocenters. The van der Waals surface area contributed by atoms with E-state index >= 15 is 0 Å². The predicted octanol–water partition coefficient (Wildman–Crippen LogP) is 11.4. The van der Waals surface area contributed by atoms with E-state index in [0.29, 0.717) is 6.54 Å². The van der Waals surface area contributed by atoms with E-state index in [4.69, 9.17) is 33.2 Å². The van der Waals surface area contributed by atoms with Crippen LogP contribution in [0.3, 0.4) is 0 Å². The van der Waals surface area contributed by atoms with Crippen molar-refractivity contribution >= 4 is 41.9 Å². The summed E-state index contributed by atoms with van der Waals surface area (Å²) < 4.78 is 39.2. The van der Waals surface area contributed by atoms with Gasteiger partial charge in [0, 0.05) is 51.5 Å². The zero-order valence-electron chi connectivity index (χ0n) is 46.0. The van der Waals surface area contributed by atoms with Gasteiger partial charge in [-0.15, -0.1) is 0 Å². The van der Waals surface area contributed by atoms with Gasteiger partial charge in [0.2, 0.25) is 0 Å². The van der Waals surface area contributed by atoms with Crippen molar-refractivity contribution in [1.29, 1.82) is 0 Å². The van der Waals surface area contributed by atoms with Crippen LogP contribution < -0.4 is 0 Å². The molecule has 1 heterocycles. The number of ether oxygens (including phenoxy) is 7. The normalized spacial score (nSPS) is 14.4. The van der Waals surface area contributed by atoms with Crippen LogP contribution in [0.25, 0.3) is 0 Å². The largest absolute Gasteiger partial charge is 0.466 e. The van der Waals surface area contributed by atoms with Gasteiger partial charge >= 0.3 is 41.9 Å². The second kappa shape index (κ2) is 44.5. The first kappa shape index (κ1) is 66.1. The van der Waals surface area contributed by atoms with Crippen molar-refractivity contribution in [2.45, 2.75) is 239 Å². The molecule has 1 saturated heterocycles. The first-order chi connectivity index (χ1) is 34.8. The van der Waals surface area contributed by atoms with E-state index in [9.17, 15) is 33.6 Å². The molecule has 418 valence electrons. The Morgan fingerprint density at radius 3 is 1.08 bits per heavy atom. The molecule has 0 aromatic carbocycles. The van der Waals surface area contributed by atoms with E-state index in [1.54, 1.807) is 0 Å². The lowest BCUT2D eigenvalue weighted by atomic mass is 9.97. The Balaban J connectivity index is 3.03. The second-order valence-corrected chi connectivity index (χ2v) is 20.2. The van der Waals surface area contributed by atoms with Gasteiger partial charge in [0.05, 0.1) is 39.0 Å². The molecule has 1 fully saturated rings. The van der Waals surface area contributed by atoms with Crippen LogP contribution in [-0.4, -0.2) is 131 Å². The number of esters is 6. The Kier molecular flexibility index (Phi) is 40.9. The van der Waals surface area contributed by atoms with Crippen LogP contribution in [0, 0.1) is 11.8 Å². The number of unbranched alkanes of at least 4 members (excludes halogenated alkanes) is 20. The number of rotatable bonds is 46. The molecule has 0 saturated carbocycles. The average Bonchev–Trinajstić information content (AvgIpc) is 3.74. The van der Waals surface area contributed by atoms with E-state index in [1.807, 2.05) is 19.0 Å². The maximum absolute atomic E-state index is 13.6. The SMILES string of the molecule is CCCCCCCCOC(=O)CC(CC(=O)OCCCCCCCC)CC(=O)OC[C@H]1C[C@H](OC(=O)CC(CC(=O)OCCCCCCCC)CC(=O)OCCCCCCCC)CN1C(=O)OCCN(C)C. The standard InChI is InChI=1S/C56H100N2O14/c1-7-11-15-19-23-27-32-66-50(59)37-46(38-51(60)67-33-28-24-20-16-12-8-2)41-54(63)71-45-48-43-49(44-58(48)56(65)70-36-31-57(5)6)72-55(64)42-47(39-52(61)68-34-29-25-21-17-13-9-3)40-53(62)69-35-30-26-22-18-14-10-4/h46-49H,7-45H2,1-6H3/t48-,49+/m1/s1. The van der Waals surface area contributed by atoms with Gasteiger partial charge in [-0.05, 0) is 51.6 Å². The van der Waals surface area contributed by atoms with Crippen LogP contribution in [-0.2, 0) is 61.9 Å². The van der Waals surface area contributed by atoms with E-state index < -0.39 is 65.9 Å². The molecule has 0 N–H and O–H groups in total. The molecule has 0 bridgehead atoms. The molecular formula is C56H100N2O14. The number of carbonyl (C=O) groups excluding carboxylic acids is 7.